The molecule has 16 heteroatoms. The van der Waals surface area contributed by atoms with Gasteiger partial charge in [0.05, 0.1) is 44.0 Å². The topological polar surface area (TPSA) is 140 Å². The van der Waals surface area contributed by atoms with E-state index in [-0.39, 0.29) is 40.2 Å². The molecule has 8 rings (SSSR count). The number of aromatic nitrogens is 2. The molecule has 14 nitrogen and oxygen atoms in total. The van der Waals surface area contributed by atoms with Gasteiger partial charge in [0, 0.05) is 88.1 Å². The summed E-state index contributed by atoms with van der Waals surface area (Å²) in [5, 5.41) is 4.94. The van der Waals surface area contributed by atoms with Crippen molar-refractivity contribution in [3.05, 3.63) is 82.0 Å². The fourth-order valence-corrected chi connectivity index (χ4v) is 12.0. The van der Waals surface area contributed by atoms with Gasteiger partial charge in [-0.15, -0.1) is 9.46 Å². The number of hydrogen-bond donors (Lipinski definition) is 1. The maximum Gasteiger partial charge on any atom is 0.286 e. The third-order valence-electron chi connectivity index (χ3n) is 13.5. The fourth-order valence-electron chi connectivity index (χ4n) is 9.91. The maximum absolute atomic E-state index is 15.2. The fraction of sp³-hybridized carbons (Fsp3) is 0.578. The molecule has 2 fully saturated rings. The molecule has 2 bridgehead atoms. The Kier molecular flexibility index (Phi) is 13.2. The second kappa shape index (κ2) is 18.4. The number of amides is 2. The van der Waals surface area contributed by atoms with Crippen molar-refractivity contribution < 1.29 is 32.7 Å². The van der Waals surface area contributed by atoms with Gasteiger partial charge in [0.15, 0.2) is 0 Å². The number of nitrogens with zero attached hydrogens (tertiary/aromatic N) is 6. The minimum Gasteiger partial charge on any atom is -0.490 e. The lowest BCUT2D eigenvalue weighted by atomic mass is 9.68. The lowest BCUT2D eigenvalue weighted by Crippen LogP contribution is -2.49. The monoisotopic (exact) mass is 877 g/mol. The van der Waals surface area contributed by atoms with Crippen LogP contribution in [-0.4, -0.2) is 134 Å². The Morgan fingerprint density at radius 3 is 2.62 bits per heavy atom. The van der Waals surface area contributed by atoms with Crippen LogP contribution in [0.3, 0.4) is 0 Å². The van der Waals surface area contributed by atoms with Gasteiger partial charge in [-0.2, -0.15) is 0 Å². The zero-order chi connectivity index (χ0) is 42.9. The van der Waals surface area contributed by atoms with Gasteiger partial charge in [-0.05, 0) is 92.4 Å². The van der Waals surface area contributed by atoms with E-state index in [2.05, 4.69) is 54.1 Å². The average Bonchev–Trinajstić information content (AvgIpc) is 3.55. The summed E-state index contributed by atoms with van der Waals surface area (Å²) in [4.78, 5) is 35.4. The third-order valence-corrected chi connectivity index (χ3v) is 15.7. The van der Waals surface area contributed by atoms with Crippen molar-refractivity contribution in [3.63, 3.8) is 0 Å². The van der Waals surface area contributed by atoms with E-state index in [1.54, 1.807) is 20.2 Å². The van der Waals surface area contributed by atoms with Crippen molar-refractivity contribution in [3.8, 4) is 11.6 Å². The molecule has 7 atom stereocenters. The van der Waals surface area contributed by atoms with E-state index < -0.39 is 33.8 Å². The van der Waals surface area contributed by atoms with Crippen molar-refractivity contribution in [1.29, 1.82) is 0 Å². The highest BCUT2D eigenvalue weighted by molar-refractivity contribution is 7.92. The van der Waals surface area contributed by atoms with Gasteiger partial charge in [-0.25, -0.2) is 4.21 Å². The van der Waals surface area contributed by atoms with Crippen LogP contribution in [0.4, 0.5) is 5.69 Å². The predicted molar refractivity (Wildman–Crippen MR) is 236 cm³/mol. The number of ether oxygens (including phenoxy) is 4. The molecule has 61 heavy (non-hydrogen) atoms. The molecule has 5 aliphatic rings. The van der Waals surface area contributed by atoms with E-state index in [1.807, 2.05) is 31.2 Å². The van der Waals surface area contributed by atoms with Crippen LogP contribution in [0.25, 0.3) is 0 Å². The Hall–Kier alpha value is -3.99. The van der Waals surface area contributed by atoms with Crippen LogP contribution in [0, 0.1) is 17.8 Å². The van der Waals surface area contributed by atoms with Crippen LogP contribution in [-0.2, 0) is 38.3 Å². The molecule has 1 unspecified atom stereocenters. The Bertz CT molecular complexity index is 2250. The minimum atomic E-state index is -3.77. The maximum atomic E-state index is 15.2. The van der Waals surface area contributed by atoms with E-state index in [9.17, 15) is 9.59 Å². The van der Waals surface area contributed by atoms with E-state index in [4.69, 9.17) is 30.5 Å². The van der Waals surface area contributed by atoms with Gasteiger partial charge in [-0.1, -0.05) is 36.7 Å². The van der Waals surface area contributed by atoms with Crippen molar-refractivity contribution in [1.82, 2.24) is 24.3 Å². The number of benzene rings is 2. The second-order valence-electron chi connectivity index (χ2n) is 17.7. The van der Waals surface area contributed by atoms with Crippen LogP contribution >= 0.6 is 11.6 Å². The number of methoxy groups -OCH3 is 2. The first-order valence-corrected chi connectivity index (χ1v) is 23.7. The Labute approximate surface area is 365 Å². The lowest BCUT2D eigenvalue weighted by Gasteiger charge is -2.46. The standard InChI is InChI=1S/C45H60ClN7O7S/c1-30-27-61(56,49-43(55)36-26-51(3)47-44(36)58-5)48-42(54)32-9-13-41-38(24-32)53(28-45(29-60-41)16-6-7-31-23-34(46)10-12-37(31)45)25-33-8-11-35(33)40(57-4)15-14-39(30)59-22-21-52-19-17-50(2)18-20-52/h9-10,12-15,23-24,26,30,33,35,39-40H,6-8,11,16-22,25,27-29H2,1-5H3,(H,48,49,54,55,56)/b15-14-/t30-,33+,35-,39+,40+,45+,61?/m1/s1. The molecule has 2 aromatic carbocycles. The summed E-state index contributed by atoms with van der Waals surface area (Å²) in [6.07, 6.45) is 9.88. The van der Waals surface area contributed by atoms with E-state index in [1.165, 1.54) is 29.1 Å². The van der Waals surface area contributed by atoms with Crippen molar-refractivity contribution in [2.24, 2.45) is 29.2 Å². The molecule has 1 saturated heterocycles. The minimum absolute atomic E-state index is 0.0656. The zero-order valence-corrected chi connectivity index (χ0v) is 37.6. The molecule has 0 radical (unpaired) electrons. The van der Waals surface area contributed by atoms with E-state index in [0.29, 0.717) is 31.4 Å². The molecule has 4 heterocycles. The number of halogens is 1. The normalized spacial score (nSPS) is 30.2. The van der Waals surface area contributed by atoms with Gasteiger partial charge < -0.3 is 28.7 Å². The molecular weight excluding hydrogens is 818 g/mol. The van der Waals surface area contributed by atoms with Crippen LogP contribution in [0.5, 0.6) is 11.6 Å². The summed E-state index contributed by atoms with van der Waals surface area (Å²) < 4.78 is 48.6. The molecule has 1 N–H and O–H groups in total. The number of fused-ring (bicyclic) bond motifs is 4. The number of carbonyl (C=O) groups excluding carboxylic acids is 2. The van der Waals surface area contributed by atoms with E-state index in [0.717, 1.165) is 82.1 Å². The summed E-state index contributed by atoms with van der Waals surface area (Å²) in [6.45, 7) is 8.91. The number of aryl methyl sites for hydroxylation is 2. The van der Waals surface area contributed by atoms with Gasteiger partial charge >= 0.3 is 0 Å². The van der Waals surface area contributed by atoms with Crippen molar-refractivity contribution in [2.75, 3.05) is 90.9 Å². The number of nitrogens with one attached hydrogen (secondary N) is 1. The van der Waals surface area contributed by atoms with Gasteiger partial charge in [0.1, 0.15) is 21.2 Å². The SMILES string of the molecule is COc1nn(C)cc1C(=O)NS1(=O)=NC(=O)c2ccc3c(c2)N(C[C@@H]2CC[C@H]2[C@@H](OC)/C=C\[C@H](OCCN2CCN(C)CC2)[C@H](C)C1)C[C@@]1(CCCc2cc(Cl)ccc21)CO3. The number of carbonyl (C=O) groups is 2. The highest BCUT2D eigenvalue weighted by atomic mass is 35.5. The quantitative estimate of drug-likeness (QED) is 0.292. The number of anilines is 1. The molecule has 330 valence electrons. The smallest absolute Gasteiger partial charge is 0.286 e. The average molecular weight is 879 g/mol. The number of likely N-dealkylation sites (N-methyl/N-ethyl adjacent to an activating group) is 1. The largest absolute Gasteiger partial charge is 0.490 e. The zero-order valence-electron chi connectivity index (χ0n) is 36.0. The second-order valence-corrected chi connectivity index (χ2v) is 20.1. The highest BCUT2D eigenvalue weighted by Crippen LogP contribution is 2.47. The molecular formula is C45H60ClN7O7S. The van der Waals surface area contributed by atoms with Crippen LogP contribution in [0.15, 0.2) is 59.1 Å². The van der Waals surface area contributed by atoms with Crippen molar-refractivity contribution >= 4 is 39.0 Å². The lowest BCUT2D eigenvalue weighted by molar-refractivity contribution is 0.00937. The molecule has 3 aromatic rings. The number of hydrogen-bond acceptors (Lipinski definition) is 11. The molecule has 3 aliphatic heterocycles. The van der Waals surface area contributed by atoms with Gasteiger partial charge in [0.2, 0.25) is 5.88 Å². The van der Waals surface area contributed by atoms with Gasteiger partial charge in [-0.3, -0.25) is 23.9 Å². The summed E-state index contributed by atoms with van der Waals surface area (Å²) in [5.41, 5.74) is 3.32. The summed E-state index contributed by atoms with van der Waals surface area (Å²) in [6, 6.07) is 11.5. The summed E-state index contributed by atoms with van der Waals surface area (Å²) in [5.74, 6) is -0.713. The van der Waals surface area contributed by atoms with Crippen LogP contribution in [0.2, 0.25) is 5.02 Å². The summed E-state index contributed by atoms with van der Waals surface area (Å²) >= 11 is 6.51. The molecule has 1 aromatic heterocycles. The highest BCUT2D eigenvalue weighted by Gasteiger charge is 2.44. The molecule has 1 saturated carbocycles. The number of piperazine rings is 1. The molecule has 2 aliphatic carbocycles. The predicted octanol–water partition coefficient (Wildman–Crippen LogP) is 5.39. The Balaban J connectivity index is 1.18. The first kappa shape index (κ1) is 43.7. The van der Waals surface area contributed by atoms with Crippen LogP contribution < -0.4 is 19.1 Å². The first-order valence-electron chi connectivity index (χ1n) is 21.6. The number of rotatable bonds is 8. The third kappa shape index (κ3) is 9.52. The summed E-state index contributed by atoms with van der Waals surface area (Å²) in [7, 11) is 3.19. The Morgan fingerprint density at radius 2 is 1.87 bits per heavy atom. The first-order chi connectivity index (χ1) is 29.4. The molecule has 1 spiro atoms. The van der Waals surface area contributed by atoms with Gasteiger partial charge in [0.25, 0.3) is 11.8 Å². The van der Waals surface area contributed by atoms with Crippen molar-refractivity contribution in [2.45, 2.75) is 56.7 Å². The Morgan fingerprint density at radius 1 is 1.07 bits per heavy atom. The van der Waals surface area contributed by atoms with Crippen LogP contribution in [0.1, 0.15) is 64.4 Å². The molecule has 2 amide bonds. The van der Waals surface area contributed by atoms with E-state index >= 15 is 4.21 Å².